The molecule has 0 aliphatic carbocycles. The molecular formula is CH9KO4SiTi. The van der Waals surface area contributed by atoms with Crippen LogP contribution in [0, 0.1) is 0 Å². The maximum absolute atomic E-state index is 7.33. The van der Waals surface area contributed by atoms with E-state index in [0.717, 1.165) is 0 Å². The summed E-state index contributed by atoms with van der Waals surface area (Å²) in [5.74, 6) is 0. The van der Waals surface area contributed by atoms with Crippen LogP contribution >= 0.6 is 0 Å². The van der Waals surface area contributed by atoms with Gasteiger partial charge in [-0.25, -0.2) is 0 Å². The van der Waals surface area contributed by atoms with Gasteiger partial charge in [-0.3, -0.25) is 0 Å². The van der Waals surface area contributed by atoms with Crippen LogP contribution in [-0.4, -0.2) is 28.2 Å². The monoisotopic (exact) mass is 200 g/mol. The van der Waals surface area contributed by atoms with Crippen molar-refractivity contribution in [1.29, 1.82) is 0 Å². The fourth-order valence-corrected chi connectivity index (χ4v) is 0. The van der Waals surface area contributed by atoms with E-state index in [1.165, 1.54) is 0 Å². The van der Waals surface area contributed by atoms with Gasteiger partial charge >= 0.3 is 60.4 Å². The minimum atomic E-state index is -4.61. The quantitative estimate of drug-likeness (QED) is 0.296. The summed E-state index contributed by atoms with van der Waals surface area (Å²) in [7, 11) is -4.61. The van der Waals surface area contributed by atoms with E-state index < -0.39 is 9.05 Å². The molecule has 0 spiro atoms. The predicted octanol–water partition coefficient (Wildman–Crippen LogP) is -4.86. The van der Waals surface area contributed by atoms with E-state index in [1.54, 1.807) is 0 Å². The number of rotatable bonds is 0. The Kier molecular flexibility index (Phi) is 26.4. The molecule has 0 heterocycles. The largest absolute Gasteiger partial charge is 1.00 e. The first-order valence-electron chi connectivity index (χ1n) is 0.894. The minimum absolute atomic E-state index is 0. The summed E-state index contributed by atoms with van der Waals surface area (Å²) in [6.45, 7) is 0. The molecule has 0 atom stereocenters. The van der Waals surface area contributed by atoms with Gasteiger partial charge in [-0.15, -0.1) is 0 Å². The van der Waals surface area contributed by atoms with Crippen molar-refractivity contribution < 1.29 is 93.7 Å². The standard InChI is InChI=1S/CH4.K.H4O4Si.Ti.H/c;;1-5(2,3)4;;/h1H4;;1-4H;;/q;+1;;;-1. The van der Waals surface area contributed by atoms with E-state index in [-0.39, 0.29) is 82.0 Å². The summed E-state index contributed by atoms with van der Waals surface area (Å²) in [6, 6.07) is 0. The normalized spacial score (nSPS) is 7.50. The van der Waals surface area contributed by atoms with Gasteiger partial charge in [0.2, 0.25) is 0 Å². The zero-order valence-electron chi connectivity index (χ0n) is 4.79. The summed E-state index contributed by atoms with van der Waals surface area (Å²) >= 11 is 0. The van der Waals surface area contributed by atoms with Gasteiger partial charge in [0.25, 0.3) is 0 Å². The molecule has 4 N–H and O–H groups in total. The van der Waals surface area contributed by atoms with Crippen molar-refractivity contribution in [3.8, 4) is 0 Å². The summed E-state index contributed by atoms with van der Waals surface area (Å²) < 4.78 is 0. The molecule has 0 bridgehead atoms. The molecule has 0 aromatic rings. The van der Waals surface area contributed by atoms with Crippen molar-refractivity contribution in [2.24, 2.45) is 0 Å². The van der Waals surface area contributed by atoms with Crippen molar-refractivity contribution in [3.05, 3.63) is 0 Å². The van der Waals surface area contributed by atoms with Crippen LogP contribution in [-0.2, 0) is 21.7 Å². The molecule has 7 heteroatoms. The zero-order valence-corrected chi connectivity index (χ0v) is 9.47. The van der Waals surface area contributed by atoms with Crippen LogP contribution in [0.4, 0.5) is 0 Å². The molecule has 0 unspecified atom stereocenters. The van der Waals surface area contributed by atoms with E-state index in [0.29, 0.717) is 0 Å². The zero-order chi connectivity index (χ0) is 4.50. The van der Waals surface area contributed by atoms with E-state index in [2.05, 4.69) is 0 Å². The Bertz CT molecular complexity index is 36.0. The van der Waals surface area contributed by atoms with Crippen molar-refractivity contribution in [1.82, 2.24) is 0 Å². The van der Waals surface area contributed by atoms with Crippen LogP contribution < -0.4 is 51.4 Å². The summed E-state index contributed by atoms with van der Waals surface area (Å²) in [5, 5.41) is 0. The Morgan fingerprint density at radius 1 is 1.00 bits per heavy atom. The van der Waals surface area contributed by atoms with Gasteiger partial charge in [-0.2, -0.15) is 0 Å². The molecule has 46 valence electrons. The topological polar surface area (TPSA) is 80.9 Å². The van der Waals surface area contributed by atoms with E-state index in [9.17, 15) is 0 Å². The van der Waals surface area contributed by atoms with Gasteiger partial charge < -0.3 is 20.6 Å². The SMILES string of the molecule is C.O[Si](O)(O)O.[H-].[K+].[Ti]. The Labute approximate surface area is 108 Å². The molecule has 0 saturated heterocycles. The van der Waals surface area contributed by atoms with E-state index >= 15 is 0 Å². The maximum Gasteiger partial charge on any atom is 1.00 e. The summed E-state index contributed by atoms with van der Waals surface area (Å²) in [6.07, 6.45) is 0. The molecular weight excluding hydrogens is 191 g/mol. The van der Waals surface area contributed by atoms with Gasteiger partial charge in [0, 0.05) is 21.7 Å². The first-order valence-corrected chi connectivity index (χ1v) is 2.68. The first-order chi connectivity index (χ1) is 2.00. The Morgan fingerprint density at radius 2 is 1.00 bits per heavy atom. The van der Waals surface area contributed by atoms with E-state index in [1.807, 2.05) is 0 Å². The second-order valence-corrected chi connectivity index (χ2v) is 1.80. The van der Waals surface area contributed by atoms with E-state index in [4.69, 9.17) is 19.2 Å². The van der Waals surface area contributed by atoms with Crippen LogP contribution in [0.5, 0.6) is 0 Å². The van der Waals surface area contributed by atoms with Crippen molar-refractivity contribution >= 4 is 9.05 Å². The molecule has 0 aliphatic heterocycles. The van der Waals surface area contributed by atoms with Crippen molar-refractivity contribution in [2.45, 2.75) is 7.43 Å². The Balaban J connectivity index is -0.0000000133. The molecule has 0 aromatic heterocycles. The second kappa shape index (κ2) is 9.41. The third kappa shape index (κ3) is 79.6. The number of hydrogen-bond acceptors (Lipinski definition) is 4. The molecule has 0 amide bonds. The van der Waals surface area contributed by atoms with Crippen LogP contribution in [0.1, 0.15) is 8.85 Å². The Hall–Kier alpha value is 2.41. The van der Waals surface area contributed by atoms with Crippen LogP contribution in [0.3, 0.4) is 0 Å². The van der Waals surface area contributed by atoms with Crippen LogP contribution in [0.2, 0.25) is 0 Å². The molecule has 0 rings (SSSR count). The molecule has 0 aromatic carbocycles. The van der Waals surface area contributed by atoms with Gasteiger partial charge in [0.1, 0.15) is 0 Å². The smallest absolute Gasteiger partial charge is 1.00 e. The summed E-state index contributed by atoms with van der Waals surface area (Å²) in [5.41, 5.74) is 0. The minimum Gasteiger partial charge on any atom is -1.00 e. The first kappa shape index (κ1) is 22.4. The molecule has 0 aliphatic rings. The van der Waals surface area contributed by atoms with Gasteiger partial charge in [0.15, 0.2) is 0 Å². The molecule has 0 fully saturated rings. The van der Waals surface area contributed by atoms with Gasteiger partial charge in [-0.05, 0) is 0 Å². The average Bonchev–Trinajstić information content (AvgIpc) is 0.722. The van der Waals surface area contributed by atoms with Crippen LogP contribution in [0.15, 0.2) is 0 Å². The fourth-order valence-electron chi connectivity index (χ4n) is 0. The predicted molar refractivity (Wildman–Crippen MR) is 22.5 cm³/mol. The van der Waals surface area contributed by atoms with Crippen molar-refractivity contribution in [3.63, 3.8) is 0 Å². The number of hydrogen-bond donors (Lipinski definition) is 4. The van der Waals surface area contributed by atoms with Gasteiger partial charge in [-0.1, -0.05) is 7.43 Å². The van der Waals surface area contributed by atoms with Crippen molar-refractivity contribution in [2.75, 3.05) is 0 Å². The molecule has 8 heavy (non-hydrogen) atoms. The third-order valence-electron chi connectivity index (χ3n) is 0. The molecule has 4 nitrogen and oxygen atoms in total. The molecule has 0 radical (unpaired) electrons. The summed E-state index contributed by atoms with van der Waals surface area (Å²) in [4.78, 5) is 29.3. The maximum atomic E-state index is 7.33. The fraction of sp³-hybridized carbons (Fsp3) is 1.00. The Morgan fingerprint density at radius 3 is 1.00 bits per heavy atom. The molecule has 0 saturated carbocycles. The van der Waals surface area contributed by atoms with Crippen LogP contribution in [0.25, 0.3) is 0 Å². The average molecular weight is 200 g/mol. The van der Waals surface area contributed by atoms with Gasteiger partial charge in [0.05, 0.1) is 0 Å². The second-order valence-electron chi connectivity index (χ2n) is 0.600. The third-order valence-corrected chi connectivity index (χ3v) is 0.